The number of methoxy groups -OCH3 is 1. The maximum Gasteiger partial charge on any atom is 0.337 e. The van der Waals surface area contributed by atoms with Gasteiger partial charge in [0, 0.05) is 16.9 Å². The molecule has 8 rings (SSSR count). The van der Waals surface area contributed by atoms with Gasteiger partial charge in [0.2, 0.25) is 0 Å². The number of esters is 3. The number of hydrogen-bond donors (Lipinski definition) is 11. The summed E-state index contributed by atoms with van der Waals surface area (Å²) in [6.45, 7) is 21.6. The lowest BCUT2D eigenvalue weighted by atomic mass is 9.32. The lowest BCUT2D eigenvalue weighted by Gasteiger charge is -2.73. The first-order valence-corrected chi connectivity index (χ1v) is 30.9. The van der Waals surface area contributed by atoms with Crippen LogP contribution in [0.5, 0.6) is 0 Å². The second kappa shape index (κ2) is 25.9. The van der Waals surface area contributed by atoms with Crippen LogP contribution >= 0.6 is 0 Å². The molecule has 0 spiro atoms. The Bertz CT molecular complexity index is 2510. The third-order valence-electron chi connectivity index (χ3n) is 22.5. The quantitative estimate of drug-likeness (QED) is 0.0308. The molecule has 11 N–H and O–H groups in total. The van der Waals surface area contributed by atoms with Crippen LogP contribution in [-0.4, -0.2) is 218 Å². The summed E-state index contributed by atoms with van der Waals surface area (Å²) in [6, 6.07) is 0. The van der Waals surface area contributed by atoms with Gasteiger partial charge in [-0.05, 0) is 113 Å². The van der Waals surface area contributed by atoms with Gasteiger partial charge in [0.25, 0.3) is 0 Å². The molecule has 0 unspecified atom stereocenters. The molecule has 0 aromatic rings. The zero-order valence-corrected chi connectivity index (χ0v) is 52.3. The van der Waals surface area contributed by atoms with E-state index in [4.69, 9.17) is 42.6 Å². The number of rotatable bonds is 18. The first-order chi connectivity index (χ1) is 40.2. The third kappa shape index (κ3) is 11.6. The molecule has 3 saturated heterocycles. The predicted octanol–water partition coefficient (Wildman–Crippen LogP) is 2.16. The van der Waals surface area contributed by atoms with Crippen LogP contribution in [0.2, 0.25) is 0 Å². The highest BCUT2D eigenvalue weighted by molar-refractivity contribution is 5.83. The topological polar surface area (TPSA) is 357 Å². The summed E-state index contributed by atoms with van der Waals surface area (Å²) in [4.78, 5) is 41.6. The zero-order chi connectivity index (χ0) is 63.7. The molecule has 5 aliphatic carbocycles. The fourth-order valence-corrected chi connectivity index (χ4v) is 17.1. The van der Waals surface area contributed by atoms with Gasteiger partial charge in [0.1, 0.15) is 67.1 Å². The van der Waals surface area contributed by atoms with Gasteiger partial charge >= 0.3 is 17.9 Å². The summed E-state index contributed by atoms with van der Waals surface area (Å²) in [5.41, 5.74) is -2.91. The molecular weight excluding hydrogens is 1120 g/mol. The summed E-state index contributed by atoms with van der Waals surface area (Å²) in [7, 11) is 1.07. The number of fused-ring (bicyclic) bond motifs is 7. The summed E-state index contributed by atoms with van der Waals surface area (Å²) in [5.74, 6) is -3.79. The van der Waals surface area contributed by atoms with Gasteiger partial charge in [0.15, 0.2) is 31.1 Å². The summed E-state index contributed by atoms with van der Waals surface area (Å²) in [6.07, 6.45) is -20.7. The third-order valence-corrected chi connectivity index (χ3v) is 22.5. The van der Waals surface area contributed by atoms with Crippen molar-refractivity contribution in [3.05, 3.63) is 34.9 Å². The van der Waals surface area contributed by atoms with Gasteiger partial charge in [-0.15, -0.1) is 0 Å². The second-order valence-electron chi connectivity index (χ2n) is 28.4. The lowest BCUT2D eigenvalue weighted by Crippen LogP contribution is -2.76. The summed E-state index contributed by atoms with van der Waals surface area (Å²) < 4.78 is 55.1. The van der Waals surface area contributed by atoms with Crippen LogP contribution in [0.15, 0.2) is 34.9 Å². The maximum atomic E-state index is 14.1. The number of hydrogen-bond acceptors (Lipinski definition) is 23. The lowest BCUT2D eigenvalue weighted by molar-refractivity contribution is -0.386. The first kappa shape index (κ1) is 68.9. The Hall–Kier alpha value is -3.05. The van der Waals surface area contributed by atoms with E-state index in [1.165, 1.54) is 6.08 Å². The monoisotopic (exact) mass is 1220 g/mol. The van der Waals surface area contributed by atoms with E-state index in [2.05, 4.69) is 39.8 Å². The van der Waals surface area contributed by atoms with Crippen molar-refractivity contribution in [1.82, 2.24) is 0 Å². The minimum Gasteiger partial charge on any atom is -0.467 e. The molecule has 23 nitrogen and oxygen atoms in total. The average molecular weight is 1230 g/mol. The van der Waals surface area contributed by atoms with Gasteiger partial charge in [-0.2, -0.15) is 0 Å². The van der Waals surface area contributed by atoms with E-state index < -0.39 is 199 Å². The number of carbonyl (C=O) groups is 3. The standard InChI is InChI=1S/C63H100O23/c1-14-31(5)53(76)86-52-51(82-39(67)24-30(4)17-15-16-29(2)3)58(6,7)25-33-32-18-19-37-60(10)22-21-38(59(8,9)36(60)20-23-61(37,11)62(32,12)49(74)50(75)63(33,52)28-66)81-57-48(85-56-44(72)42(70)40(68)34(26-64)79-56)46(45(73)47(84-57)54(77)78-13)83-55-43(71)41(69)35(27-65)80-55/h16,18,24,31,33-38,40-52,55-57,64-66,68-75H,14-15,17,19-23,25-28H2,1-13H3/b30-24-/t31-,33+,34+,35+,36+,37-,38+,40+,41-,42-,43-,44+,45-,46-,47-,48+,49+,50-,51+,52+,55+,56-,57+,60+,61-,62+,63+/m1/s1. The normalized spacial score (nSPS) is 46.5. The Kier molecular flexibility index (Phi) is 20.7. The molecule has 7 fully saturated rings. The molecule has 3 aliphatic heterocycles. The van der Waals surface area contributed by atoms with Crippen LogP contribution in [0.1, 0.15) is 141 Å². The Balaban J connectivity index is 1.13. The van der Waals surface area contributed by atoms with E-state index in [1.807, 2.05) is 48.5 Å². The van der Waals surface area contributed by atoms with Crippen molar-refractivity contribution in [2.24, 2.45) is 56.2 Å². The predicted molar refractivity (Wildman–Crippen MR) is 304 cm³/mol. The fraction of sp³-hybridized carbons (Fsp3) is 0.857. The van der Waals surface area contributed by atoms with Crippen LogP contribution in [-0.2, 0) is 57.0 Å². The molecule has 86 heavy (non-hydrogen) atoms. The first-order valence-electron chi connectivity index (χ1n) is 30.9. The smallest absolute Gasteiger partial charge is 0.337 e. The highest BCUT2D eigenvalue weighted by Crippen LogP contribution is 2.76. The Labute approximate surface area is 504 Å². The van der Waals surface area contributed by atoms with E-state index in [-0.39, 0.29) is 11.8 Å². The van der Waals surface area contributed by atoms with Crippen LogP contribution < -0.4 is 0 Å². The number of aliphatic hydroxyl groups is 11. The molecule has 8 aliphatic rings. The van der Waals surface area contributed by atoms with E-state index in [0.29, 0.717) is 51.4 Å². The maximum absolute atomic E-state index is 14.1. The molecule has 23 heteroatoms. The van der Waals surface area contributed by atoms with Crippen LogP contribution in [0, 0.1) is 56.2 Å². The van der Waals surface area contributed by atoms with Crippen LogP contribution in [0.3, 0.4) is 0 Å². The SMILES string of the molecule is CC[C@@H](C)C(=O)O[C@H]1[C@H](OC(=O)/C=C(/C)CCC=C(C)C)C(C)(C)C[C@H]2C3=CC[C@@H]4[C@@]5(C)CC[C@H](O[C@H]6O[C@@H](C(=O)OC)[C@H](O)[C@@H](O[C@@H]7O[C@@H](CO)[C@@H](O)[C@H]7O)[C@@H]6O[C@H]6O[C@@H](CO)[C@H](O)[C@@H](O)[C@@H]6O)C(C)(C)[C@@H]5CC[C@@]4(C)[C@]3(C)[C@@H](O)[C@@H](O)[C@]21CO. The van der Waals surface area contributed by atoms with Crippen LogP contribution in [0.25, 0.3) is 0 Å². The number of allylic oxidation sites excluding steroid dienone is 4. The van der Waals surface area contributed by atoms with Crippen molar-refractivity contribution in [3.8, 4) is 0 Å². The van der Waals surface area contributed by atoms with E-state index in [0.717, 1.165) is 30.2 Å². The van der Waals surface area contributed by atoms with Gasteiger partial charge < -0.3 is 98.8 Å². The molecule has 3 heterocycles. The molecule has 0 aromatic carbocycles. The fourth-order valence-electron chi connectivity index (χ4n) is 17.1. The molecule has 0 amide bonds. The average Bonchev–Trinajstić information content (AvgIpc) is 0.738. The molecule has 0 aromatic heterocycles. The van der Waals surface area contributed by atoms with E-state index in [1.54, 1.807) is 6.92 Å². The minimum absolute atomic E-state index is 0.132. The Morgan fingerprint density at radius 3 is 1.90 bits per heavy atom. The highest BCUT2D eigenvalue weighted by atomic mass is 16.8. The molecule has 490 valence electrons. The Morgan fingerprint density at radius 2 is 1.31 bits per heavy atom. The van der Waals surface area contributed by atoms with E-state index >= 15 is 0 Å². The van der Waals surface area contributed by atoms with Crippen molar-refractivity contribution < 1.29 is 113 Å². The highest BCUT2D eigenvalue weighted by Gasteiger charge is 2.76. The summed E-state index contributed by atoms with van der Waals surface area (Å²) in [5, 5.41) is 125. The minimum atomic E-state index is -2.00. The molecule has 0 bridgehead atoms. The van der Waals surface area contributed by atoms with E-state index in [9.17, 15) is 70.6 Å². The molecule has 4 saturated carbocycles. The van der Waals surface area contributed by atoms with Gasteiger partial charge in [-0.1, -0.05) is 91.2 Å². The molecule has 0 radical (unpaired) electrons. The largest absolute Gasteiger partial charge is 0.467 e. The zero-order valence-electron chi connectivity index (χ0n) is 52.3. The van der Waals surface area contributed by atoms with Crippen molar-refractivity contribution in [1.29, 1.82) is 0 Å². The van der Waals surface area contributed by atoms with Crippen molar-refractivity contribution in [2.45, 2.75) is 257 Å². The van der Waals surface area contributed by atoms with Gasteiger partial charge in [0.05, 0.1) is 56.6 Å². The number of ether oxygens (including phenoxy) is 9. The van der Waals surface area contributed by atoms with Gasteiger partial charge in [-0.3, -0.25) is 4.79 Å². The second-order valence-corrected chi connectivity index (χ2v) is 28.4. The van der Waals surface area contributed by atoms with Crippen molar-refractivity contribution >= 4 is 17.9 Å². The number of aliphatic hydroxyl groups excluding tert-OH is 11. The number of carbonyl (C=O) groups excluding carboxylic acids is 3. The van der Waals surface area contributed by atoms with Crippen molar-refractivity contribution in [3.63, 3.8) is 0 Å². The van der Waals surface area contributed by atoms with Crippen LogP contribution in [0.4, 0.5) is 0 Å². The van der Waals surface area contributed by atoms with Gasteiger partial charge in [-0.25, -0.2) is 9.59 Å². The summed E-state index contributed by atoms with van der Waals surface area (Å²) >= 11 is 0. The Morgan fingerprint density at radius 1 is 0.709 bits per heavy atom. The van der Waals surface area contributed by atoms with Crippen molar-refractivity contribution in [2.75, 3.05) is 26.9 Å². The molecular formula is C63H100O23. The molecule has 27 atom stereocenters.